The SMILES string of the molecule is C/N=C(\N=C(\C)C(C)C)OCc1cn(-c2cccc(C(F)F)c2)nn1. The molecule has 1 heterocycles. The molecule has 25 heavy (non-hydrogen) atoms. The monoisotopic (exact) mass is 349 g/mol. The zero-order chi connectivity index (χ0) is 18.4. The zero-order valence-electron chi connectivity index (χ0n) is 14.6. The smallest absolute Gasteiger partial charge is 0.311 e. The molecule has 0 spiro atoms. The third-order valence-electron chi connectivity index (χ3n) is 3.58. The Morgan fingerprint density at radius 2 is 2.08 bits per heavy atom. The number of hydrogen-bond acceptors (Lipinski definition) is 4. The number of aromatic nitrogens is 3. The summed E-state index contributed by atoms with van der Waals surface area (Å²) in [5, 5.41) is 7.93. The number of aliphatic imine (C=N–C) groups is 2. The number of amidine groups is 1. The van der Waals surface area contributed by atoms with E-state index < -0.39 is 6.43 Å². The van der Waals surface area contributed by atoms with Crippen molar-refractivity contribution in [3.63, 3.8) is 0 Å². The predicted molar refractivity (Wildman–Crippen MR) is 92.4 cm³/mol. The zero-order valence-corrected chi connectivity index (χ0v) is 14.6. The second kappa shape index (κ2) is 8.46. The largest absolute Gasteiger partial charge is 0.457 e. The highest BCUT2D eigenvalue weighted by Crippen LogP contribution is 2.20. The first kappa shape index (κ1) is 18.7. The summed E-state index contributed by atoms with van der Waals surface area (Å²) < 4.78 is 32.5. The molecule has 2 rings (SSSR count). The van der Waals surface area contributed by atoms with Crippen molar-refractivity contribution in [3.8, 4) is 5.69 Å². The minimum absolute atomic E-state index is 0.0651. The molecule has 0 N–H and O–H groups in total. The maximum absolute atomic E-state index is 12.8. The maximum atomic E-state index is 12.8. The molecular formula is C17H21F2N5O. The molecule has 0 atom stereocenters. The van der Waals surface area contributed by atoms with Gasteiger partial charge in [0, 0.05) is 18.3 Å². The van der Waals surface area contributed by atoms with E-state index in [-0.39, 0.29) is 18.2 Å². The first-order valence-corrected chi connectivity index (χ1v) is 7.85. The summed E-state index contributed by atoms with van der Waals surface area (Å²) in [5.41, 5.74) is 1.90. The summed E-state index contributed by atoms with van der Waals surface area (Å²) in [5.74, 6) is 0.295. The van der Waals surface area contributed by atoms with Crippen LogP contribution in [-0.2, 0) is 11.3 Å². The molecule has 2 aromatic rings. The lowest BCUT2D eigenvalue weighted by Crippen LogP contribution is -2.09. The molecule has 0 unspecified atom stereocenters. The van der Waals surface area contributed by atoms with E-state index in [0.717, 1.165) is 5.71 Å². The van der Waals surface area contributed by atoms with Crippen LogP contribution in [0.15, 0.2) is 40.4 Å². The van der Waals surface area contributed by atoms with E-state index in [0.29, 0.717) is 17.3 Å². The summed E-state index contributed by atoms with van der Waals surface area (Å²) >= 11 is 0. The summed E-state index contributed by atoms with van der Waals surface area (Å²) in [4.78, 5) is 8.30. The molecule has 0 saturated carbocycles. The van der Waals surface area contributed by atoms with Crippen LogP contribution in [0.5, 0.6) is 0 Å². The highest BCUT2D eigenvalue weighted by Gasteiger charge is 2.10. The lowest BCUT2D eigenvalue weighted by atomic mass is 10.1. The molecular weight excluding hydrogens is 328 g/mol. The van der Waals surface area contributed by atoms with Crippen LogP contribution >= 0.6 is 0 Å². The predicted octanol–water partition coefficient (Wildman–Crippen LogP) is 3.82. The highest BCUT2D eigenvalue weighted by atomic mass is 19.3. The van der Waals surface area contributed by atoms with Gasteiger partial charge in [-0.3, -0.25) is 0 Å². The molecule has 0 amide bonds. The first-order chi connectivity index (χ1) is 11.9. The van der Waals surface area contributed by atoms with Crippen molar-refractivity contribution < 1.29 is 13.5 Å². The molecule has 1 aromatic carbocycles. The van der Waals surface area contributed by atoms with Crippen molar-refractivity contribution in [1.82, 2.24) is 15.0 Å². The quantitative estimate of drug-likeness (QED) is 0.609. The number of benzene rings is 1. The molecule has 0 fully saturated rings. The van der Waals surface area contributed by atoms with Gasteiger partial charge in [-0.2, -0.15) is 0 Å². The minimum Gasteiger partial charge on any atom is -0.457 e. The molecule has 0 aliphatic carbocycles. The first-order valence-electron chi connectivity index (χ1n) is 7.85. The van der Waals surface area contributed by atoms with Crippen molar-refractivity contribution in [2.75, 3.05) is 7.05 Å². The Kier molecular flexibility index (Phi) is 6.32. The van der Waals surface area contributed by atoms with Crippen molar-refractivity contribution in [3.05, 3.63) is 41.7 Å². The fourth-order valence-electron chi connectivity index (χ4n) is 1.86. The van der Waals surface area contributed by atoms with Crippen LogP contribution < -0.4 is 0 Å². The lowest BCUT2D eigenvalue weighted by molar-refractivity contribution is 0.151. The average Bonchev–Trinajstić information content (AvgIpc) is 3.07. The molecule has 0 aliphatic rings. The fraction of sp³-hybridized carbons (Fsp3) is 0.412. The summed E-state index contributed by atoms with van der Waals surface area (Å²) in [6.07, 6.45) is -0.909. The molecule has 134 valence electrons. The van der Waals surface area contributed by atoms with Crippen LogP contribution in [0.3, 0.4) is 0 Å². The van der Waals surface area contributed by atoms with E-state index in [1.807, 2.05) is 20.8 Å². The number of nitrogens with zero attached hydrogens (tertiary/aromatic N) is 5. The van der Waals surface area contributed by atoms with Crippen molar-refractivity contribution in [1.29, 1.82) is 0 Å². The molecule has 0 radical (unpaired) electrons. The Morgan fingerprint density at radius 3 is 2.72 bits per heavy atom. The van der Waals surface area contributed by atoms with Crippen LogP contribution in [0.4, 0.5) is 8.78 Å². The minimum atomic E-state index is -2.53. The maximum Gasteiger partial charge on any atom is 0.311 e. The molecule has 0 saturated heterocycles. The van der Waals surface area contributed by atoms with E-state index in [4.69, 9.17) is 4.74 Å². The van der Waals surface area contributed by atoms with Crippen LogP contribution in [0.25, 0.3) is 5.69 Å². The van der Waals surface area contributed by atoms with Gasteiger partial charge in [0.05, 0.1) is 11.9 Å². The Morgan fingerprint density at radius 1 is 1.32 bits per heavy atom. The second-order valence-corrected chi connectivity index (χ2v) is 5.75. The van der Waals surface area contributed by atoms with E-state index in [1.165, 1.54) is 16.8 Å². The normalized spacial score (nSPS) is 13.0. The standard InChI is InChI=1S/C17H21F2N5O/c1-11(2)12(3)21-17(20-4)25-10-14-9-24(23-22-14)15-7-5-6-13(8-15)16(18)19/h5-9,11,16H,10H2,1-4H3/b20-17+,21-12-. The van der Waals surface area contributed by atoms with Gasteiger partial charge in [-0.15, -0.1) is 5.10 Å². The van der Waals surface area contributed by atoms with Gasteiger partial charge in [0.25, 0.3) is 6.43 Å². The Balaban J connectivity index is 2.07. The van der Waals surface area contributed by atoms with Crippen molar-refractivity contribution >= 4 is 11.7 Å². The van der Waals surface area contributed by atoms with E-state index in [1.54, 1.807) is 25.4 Å². The second-order valence-electron chi connectivity index (χ2n) is 5.75. The number of hydrogen-bond donors (Lipinski definition) is 0. The molecule has 6 nitrogen and oxygen atoms in total. The number of halogens is 2. The van der Waals surface area contributed by atoms with Gasteiger partial charge in [-0.05, 0) is 25.0 Å². The van der Waals surface area contributed by atoms with Crippen molar-refractivity contribution in [2.24, 2.45) is 15.9 Å². The van der Waals surface area contributed by atoms with Crippen LogP contribution in [0, 0.1) is 5.92 Å². The Labute approximate surface area is 145 Å². The third-order valence-corrected chi connectivity index (χ3v) is 3.58. The van der Waals surface area contributed by atoms with E-state index >= 15 is 0 Å². The van der Waals surface area contributed by atoms with Crippen LogP contribution in [0.2, 0.25) is 0 Å². The Bertz CT molecular complexity index is 768. The van der Waals surface area contributed by atoms with Crippen molar-refractivity contribution in [2.45, 2.75) is 33.8 Å². The third kappa shape index (κ3) is 5.17. The van der Waals surface area contributed by atoms with Crippen LogP contribution in [-0.4, -0.2) is 33.8 Å². The van der Waals surface area contributed by atoms with Gasteiger partial charge in [0.2, 0.25) is 0 Å². The highest BCUT2D eigenvalue weighted by molar-refractivity contribution is 5.94. The van der Waals surface area contributed by atoms with E-state index in [9.17, 15) is 8.78 Å². The topological polar surface area (TPSA) is 64.7 Å². The van der Waals surface area contributed by atoms with E-state index in [2.05, 4.69) is 20.3 Å². The van der Waals surface area contributed by atoms with Gasteiger partial charge in [0.15, 0.2) is 0 Å². The fourth-order valence-corrected chi connectivity index (χ4v) is 1.86. The van der Waals surface area contributed by atoms with Gasteiger partial charge in [-0.25, -0.2) is 23.4 Å². The Hall–Kier alpha value is -2.64. The summed E-state index contributed by atoms with van der Waals surface area (Å²) in [7, 11) is 1.60. The number of alkyl halides is 2. The lowest BCUT2D eigenvalue weighted by Gasteiger charge is -2.06. The summed E-state index contributed by atoms with van der Waals surface area (Å²) in [6.45, 7) is 6.11. The molecule has 0 bridgehead atoms. The van der Waals surface area contributed by atoms with Gasteiger partial charge < -0.3 is 4.74 Å². The van der Waals surface area contributed by atoms with Gasteiger partial charge >= 0.3 is 6.02 Å². The molecule has 1 aromatic heterocycles. The average molecular weight is 349 g/mol. The summed E-state index contributed by atoms with van der Waals surface area (Å²) in [6, 6.07) is 6.24. The molecule has 0 aliphatic heterocycles. The number of ether oxygens (including phenoxy) is 1. The van der Waals surface area contributed by atoms with Gasteiger partial charge in [-0.1, -0.05) is 31.2 Å². The van der Waals surface area contributed by atoms with Gasteiger partial charge in [0.1, 0.15) is 12.3 Å². The number of rotatable bonds is 5. The molecule has 8 heteroatoms. The van der Waals surface area contributed by atoms with Crippen LogP contribution in [0.1, 0.15) is 38.5 Å².